The van der Waals surface area contributed by atoms with Gasteiger partial charge < -0.3 is 26.4 Å². The number of aromatic nitrogens is 2. The first-order chi connectivity index (χ1) is 25.1. The molecule has 0 aliphatic carbocycles. The van der Waals surface area contributed by atoms with Crippen molar-refractivity contribution in [1.82, 2.24) is 36.2 Å². The van der Waals surface area contributed by atoms with E-state index in [1.54, 1.807) is 12.1 Å². The summed E-state index contributed by atoms with van der Waals surface area (Å²) in [6.45, 7) is 1.30. The highest BCUT2D eigenvalue weighted by molar-refractivity contribution is 9.10. The molecule has 17 heteroatoms. The van der Waals surface area contributed by atoms with Gasteiger partial charge in [0.1, 0.15) is 5.78 Å². The summed E-state index contributed by atoms with van der Waals surface area (Å²) in [5.41, 5.74) is 3.33. The fourth-order valence-electron chi connectivity index (χ4n) is 6.80. The number of rotatable bonds is 19. The van der Waals surface area contributed by atoms with Crippen LogP contribution < -0.4 is 32.3 Å². The number of aliphatic hydroxyl groups excluding tert-OH is 1. The van der Waals surface area contributed by atoms with Crippen molar-refractivity contribution in [2.45, 2.75) is 119 Å². The summed E-state index contributed by atoms with van der Waals surface area (Å²) in [6.07, 6.45) is 8.49. The van der Waals surface area contributed by atoms with Crippen LogP contribution in [0.1, 0.15) is 83.5 Å². The lowest BCUT2D eigenvalue weighted by Gasteiger charge is -2.29. The molecule has 14 nitrogen and oxygen atoms in total. The van der Waals surface area contributed by atoms with Crippen LogP contribution in [0.15, 0.2) is 32.8 Å². The zero-order valence-corrected chi connectivity index (χ0v) is 32.3. The van der Waals surface area contributed by atoms with Crippen molar-refractivity contribution < 1.29 is 24.3 Å². The third kappa shape index (κ3) is 11.7. The van der Waals surface area contributed by atoms with Gasteiger partial charge in [-0.2, -0.15) is 16.9 Å². The average molecular weight is 824 g/mol. The maximum Gasteiger partial charge on any atom is 0.315 e. The number of benzene rings is 1. The fraction of sp³-hybridized carbons (Fsp3) is 0.629. The number of halogens is 2. The number of carbonyl (C=O) groups is 4. The molecule has 1 aromatic carbocycles. The lowest BCUT2D eigenvalue weighted by atomic mass is 9.96. The third-order valence-electron chi connectivity index (χ3n) is 9.73. The van der Waals surface area contributed by atoms with Gasteiger partial charge in [-0.3, -0.25) is 23.7 Å². The molecule has 5 atom stereocenters. The SMILES string of the molecule is O=C(CCCCC1SCC2NC(=O)NC21)CCC(=O)NCCCCCC(=O)N/N=C(/C[C@H]1NCCC[C@@H]1O)Cn1cnc2cc(Br)c(Cl)cc2c1=O. The molecule has 0 bridgehead atoms. The van der Waals surface area contributed by atoms with Crippen LogP contribution in [0.25, 0.3) is 10.9 Å². The van der Waals surface area contributed by atoms with E-state index in [4.69, 9.17) is 11.6 Å². The molecule has 3 fully saturated rings. The summed E-state index contributed by atoms with van der Waals surface area (Å²) in [5.74, 6) is 0.586. The molecule has 0 spiro atoms. The second-order valence-electron chi connectivity index (χ2n) is 13.7. The monoisotopic (exact) mass is 822 g/mol. The number of thioether (sulfide) groups is 1. The number of carbonyl (C=O) groups excluding carboxylic acids is 4. The molecular weight excluding hydrogens is 776 g/mol. The third-order valence-corrected chi connectivity index (χ3v) is 12.4. The zero-order valence-electron chi connectivity index (χ0n) is 29.1. The summed E-state index contributed by atoms with van der Waals surface area (Å²) in [6, 6.07) is 3.28. The van der Waals surface area contributed by atoms with Gasteiger partial charge in [-0.05, 0) is 73.1 Å². The molecule has 2 aromatic rings. The Morgan fingerprint density at radius 1 is 1.06 bits per heavy atom. The fourth-order valence-corrected chi connectivity index (χ4v) is 8.83. The Morgan fingerprint density at radius 3 is 2.71 bits per heavy atom. The molecule has 3 saturated heterocycles. The van der Waals surface area contributed by atoms with E-state index in [2.05, 4.69) is 52.7 Å². The van der Waals surface area contributed by atoms with Crippen LogP contribution in [0.4, 0.5) is 4.79 Å². The maximum atomic E-state index is 13.3. The van der Waals surface area contributed by atoms with Gasteiger partial charge >= 0.3 is 6.03 Å². The number of piperidine rings is 1. The summed E-state index contributed by atoms with van der Waals surface area (Å²) in [4.78, 5) is 66.4. The van der Waals surface area contributed by atoms with Crippen molar-refractivity contribution in [2.24, 2.45) is 5.10 Å². The van der Waals surface area contributed by atoms with Gasteiger partial charge in [0.2, 0.25) is 11.8 Å². The zero-order chi connectivity index (χ0) is 37.0. The predicted octanol–water partition coefficient (Wildman–Crippen LogP) is 3.54. The average Bonchev–Trinajstić information content (AvgIpc) is 3.68. The molecule has 3 unspecified atom stereocenters. The quantitative estimate of drug-likeness (QED) is 0.0532. The number of urea groups is 1. The number of ketones is 1. The first-order valence-corrected chi connectivity index (χ1v) is 20.4. The highest BCUT2D eigenvalue weighted by Gasteiger charge is 2.42. The predicted molar refractivity (Wildman–Crippen MR) is 206 cm³/mol. The van der Waals surface area contributed by atoms with Crippen molar-refractivity contribution >= 4 is 79.5 Å². The van der Waals surface area contributed by atoms with Crippen LogP contribution >= 0.6 is 39.3 Å². The van der Waals surface area contributed by atoms with E-state index in [-0.39, 0.29) is 73.1 Å². The summed E-state index contributed by atoms with van der Waals surface area (Å²) in [5, 5.41) is 28.1. The van der Waals surface area contributed by atoms with Gasteiger partial charge in [0.15, 0.2) is 0 Å². The Hall–Kier alpha value is -3.05. The van der Waals surface area contributed by atoms with Crippen LogP contribution in [0.2, 0.25) is 5.02 Å². The van der Waals surface area contributed by atoms with Crippen LogP contribution in [0, 0.1) is 0 Å². The topological polar surface area (TPSA) is 196 Å². The number of hydrogen-bond acceptors (Lipinski definition) is 10. The van der Waals surface area contributed by atoms with Crippen LogP contribution in [-0.4, -0.2) is 92.3 Å². The van der Waals surface area contributed by atoms with E-state index in [1.807, 2.05) is 11.8 Å². The Labute approximate surface area is 320 Å². The highest BCUT2D eigenvalue weighted by Crippen LogP contribution is 2.33. The second-order valence-corrected chi connectivity index (χ2v) is 16.2. The molecule has 3 aliphatic rings. The van der Waals surface area contributed by atoms with Crippen LogP contribution in [-0.2, 0) is 20.9 Å². The first-order valence-electron chi connectivity index (χ1n) is 18.1. The number of Topliss-reactive ketones (excluding diaryl/α,β-unsaturated/α-hetero) is 1. The van der Waals surface area contributed by atoms with Gasteiger partial charge in [-0.25, -0.2) is 15.2 Å². The van der Waals surface area contributed by atoms with Gasteiger partial charge in [0.25, 0.3) is 5.56 Å². The molecule has 6 N–H and O–H groups in total. The smallest absolute Gasteiger partial charge is 0.315 e. The lowest BCUT2D eigenvalue weighted by molar-refractivity contribution is -0.125. The van der Waals surface area contributed by atoms with E-state index in [0.29, 0.717) is 70.0 Å². The number of fused-ring (bicyclic) bond motifs is 2. The van der Waals surface area contributed by atoms with Crippen LogP contribution in [0.3, 0.4) is 0 Å². The standard InChI is InChI=1S/C35H48BrClN8O6S/c36-24-17-26-23(16-25(24)37)34(50)45(20-40-26)18-21(15-27-29(47)8-6-14-38-27)43-44-32(49)10-2-1-5-13-39-31(48)12-11-22(46)7-3-4-9-30-33-28(19-52-30)41-35(51)42-33/h16-17,20,27-30,33,38,47H,1-15,18-19H2,(H,39,48)(H,44,49)(H2,41,42,51)/b43-21-/t27-,28?,29+,30?,33?/m1/s1. The molecule has 5 rings (SSSR count). The minimum atomic E-state index is -0.569. The molecular formula is C35H48BrClN8O6S. The summed E-state index contributed by atoms with van der Waals surface area (Å²) >= 11 is 11.5. The van der Waals surface area contributed by atoms with E-state index < -0.39 is 6.10 Å². The van der Waals surface area contributed by atoms with Crippen molar-refractivity contribution in [1.29, 1.82) is 0 Å². The molecule has 4 heterocycles. The normalized spacial score (nSPS) is 22.9. The maximum absolute atomic E-state index is 13.3. The Kier molecular flexibility index (Phi) is 15.3. The number of nitrogens with zero attached hydrogens (tertiary/aromatic N) is 3. The molecule has 52 heavy (non-hydrogen) atoms. The molecule has 0 radical (unpaired) electrons. The minimum Gasteiger partial charge on any atom is -0.391 e. The van der Waals surface area contributed by atoms with E-state index >= 15 is 0 Å². The number of nitrogens with one attached hydrogen (secondary N) is 5. The van der Waals surface area contributed by atoms with Gasteiger partial charge in [0, 0.05) is 60.2 Å². The molecule has 1 aromatic heterocycles. The van der Waals surface area contributed by atoms with Crippen molar-refractivity contribution in [3.05, 3.63) is 38.3 Å². The van der Waals surface area contributed by atoms with Crippen LogP contribution in [0.5, 0.6) is 0 Å². The summed E-state index contributed by atoms with van der Waals surface area (Å²) < 4.78 is 2.05. The van der Waals surface area contributed by atoms with Crippen molar-refractivity contribution in [3.8, 4) is 0 Å². The Balaban J connectivity index is 0.972. The van der Waals surface area contributed by atoms with Crippen molar-refractivity contribution in [2.75, 3.05) is 18.8 Å². The van der Waals surface area contributed by atoms with Gasteiger partial charge in [-0.1, -0.05) is 24.4 Å². The molecule has 3 aliphatic heterocycles. The largest absolute Gasteiger partial charge is 0.391 e. The first kappa shape index (κ1) is 40.1. The number of aliphatic hydroxyl groups is 1. The van der Waals surface area contributed by atoms with E-state index in [1.165, 1.54) is 10.9 Å². The van der Waals surface area contributed by atoms with E-state index in [0.717, 1.165) is 44.4 Å². The van der Waals surface area contributed by atoms with Gasteiger partial charge in [0.05, 0.1) is 52.7 Å². The number of hydrazone groups is 1. The number of amides is 4. The molecule has 4 amide bonds. The van der Waals surface area contributed by atoms with E-state index in [9.17, 15) is 29.1 Å². The minimum absolute atomic E-state index is 0.0758. The second kappa shape index (κ2) is 19.9. The Morgan fingerprint density at radius 2 is 1.88 bits per heavy atom. The molecule has 284 valence electrons. The van der Waals surface area contributed by atoms with Crippen molar-refractivity contribution in [3.63, 3.8) is 0 Å². The Bertz CT molecular complexity index is 1690. The summed E-state index contributed by atoms with van der Waals surface area (Å²) in [7, 11) is 0. The molecule has 0 saturated carbocycles. The lowest BCUT2D eigenvalue weighted by Crippen LogP contribution is -2.46. The number of unbranched alkanes of at least 4 members (excludes halogenated alkanes) is 3. The highest BCUT2D eigenvalue weighted by atomic mass is 79.9. The van der Waals surface area contributed by atoms with Gasteiger partial charge in [-0.15, -0.1) is 0 Å². The number of hydrogen-bond donors (Lipinski definition) is 6.